The summed E-state index contributed by atoms with van der Waals surface area (Å²) in [4.78, 5) is 0. The molecule has 1 fully saturated rings. The van der Waals surface area contributed by atoms with Crippen LogP contribution >= 0.6 is 0 Å². The van der Waals surface area contributed by atoms with Crippen LogP contribution in [0.1, 0.15) is 63.5 Å². The average Bonchev–Trinajstić information content (AvgIpc) is 3.04. The van der Waals surface area contributed by atoms with Crippen molar-refractivity contribution in [3.63, 3.8) is 0 Å². The average molecular weight is 222 g/mol. The van der Waals surface area contributed by atoms with Gasteiger partial charge in [0.15, 0.2) is 5.82 Å². The van der Waals surface area contributed by atoms with E-state index in [0.717, 1.165) is 6.54 Å². The summed E-state index contributed by atoms with van der Waals surface area (Å²) in [6.45, 7) is 3.23. The molecule has 16 heavy (non-hydrogen) atoms. The van der Waals surface area contributed by atoms with Crippen molar-refractivity contribution in [2.75, 3.05) is 5.73 Å². The van der Waals surface area contributed by atoms with Gasteiger partial charge < -0.3 is 5.73 Å². The minimum atomic E-state index is 0.644. The molecule has 1 aliphatic carbocycles. The van der Waals surface area contributed by atoms with Gasteiger partial charge in [0.1, 0.15) is 0 Å². The first kappa shape index (κ1) is 11.4. The predicted molar refractivity (Wildman–Crippen MR) is 65.2 cm³/mol. The van der Waals surface area contributed by atoms with Gasteiger partial charge in [-0.05, 0) is 19.3 Å². The number of hydrogen-bond donors (Lipinski definition) is 1. The SMILES string of the molecule is CCCCCCCn1nnc(N)c1C1CC1. The minimum absolute atomic E-state index is 0.644. The molecule has 4 nitrogen and oxygen atoms in total. The van der Waals surface area contributed by atoms with Crippen LogP contribution in [0.5, 0.6) is 0 Å². The van der Waals surface area contributed by atoms with Gasteiger partial charge >= 0.3 is 0 Å². The van der Waals surface area contributed by atoms with Crippen LogP contribution in [-0.2, 0) is 6.54 Å². The lowest BCUT2D eigenvalue weighted by molar-refractivity contribution is 0.507. The fraction of sp³-hybridized carbons (Fsp3) is 0.833. The molecule has 2 N–H and O–H groups in total. The second kappa shape index (κ2) is 5.32. The largest absolute Gasteiger partial charge is 0.381 e. The maximum atomic E-state index is 5.84. The minimum Gasteiger partial charge on any atom is -0.381 e. The lowest BCUT2D eigenvalue weighted by atomic mass is 10.1. The molecule has 0 bridgehead atoms. The topological polar surface area (TPSA) is 56.7 Å². The first-order valence-electron chi connectivity index (χ1n) is 6.51. The fourth-order valence-electron chi connectivity index (χ4n) is 2.14. The number of unbranched alkanes of at least 4 members (excludes halogenated alkanes) is 4. The van der Waals surface area contributed by atoms with E-state index < -0.39 is 0 Å². The van der Waals surface area contributed by atoms with Gasteiger partial charge in [-0.2, -0.15) is 0 Å². The summed E-state index contributed by atoms with van der Waals surface area (Å²) < 4.78 is 2.03. The Morgan fingerprint density at radius 1 is 1.25 bits per heavy atom. The van der Waals surface area contributed by atoms with Crippen molar-refractivity contribution < 1.29 is 0 Å². The van der Waals surface area contributed by atoms with E-state index in [0.29, 0.717) is 11.7 Å². The zero-order valence-corrected chi connectivity index (χ0v) is 10.2. The van der Waals surface area contributed by atoms with Crippen molar-refractivity contribution in [1.29, 1.82) is 0 Å². The van der Waals surface area contributed by atoms with Crippen molar-refractivity contribution in [3.05, 3.63) is 5.69 Å². The second-order valence-corrected chi connectivity index (χ2v) is 4.77. The molecule has 0 radical (unpaired) electrons. The Morgan fingerprint density at radius 2 is 2.00 bits per heavy atom. The highest BCUT2D eigenvalue weighted by atomic mass is 15.4. The normalized spacial score (nSPS) is 15.6. The Hall–Kier alpha value is -1.06. The lowest BCUT2D eigenvalue weighted by Gasteiger charge is -2.05. The molecule has 0 saturated heterocycles. The molecule has 0 unspecified atom stereocenters. The molecule has 4 heteroatoms. The van der Waals surface area contributed by atoms with Gasteiger partial charge in [0.2, 0.25) is 0 Å². The standard InChI is InChI=1S/C12H22N4/c1-2-3-4-5-6-9-16-11(10-7-8-10)12(13)14-15-16/h10H,2-9,13H2,1H3. The van der Waals surface area contributed by atoms with E-state index in [2.05, 4.69) is 17.2 Å². The smallest absolute Gasteiger partial charge is 0.169 e. The number of aromatic nitrogens is 3. The Morgan fingerprint density at radius 3 is 2.69 bits per heavy atom. The van der Waals surface area contributed by atoms with E-state index in [9.17, 15) is 0 Å². The predicted octanol–water partition coefficient (Wildman–Crippen LogP) is 2.71. The second-order valence-electron chi connectivity index (χ2n) is 4.77. The van der Waals surface area contributed by atoms with Crippen LogP contribution < -0.4 is 5.73 Å². The summed E-state index contributed by atoms with van der Waals surface area (Å²) in [5.74, 6) is 1.29. The van der Waals surface area contributed by atoms with Gasteiger partial charge in [-0.25, -0.2) is 4.68 Å². The van der Waals surface area contributed by atoms with Gasteiger partial charge in [-0.3, -0.25) is 0 Å². The summed E-state index contributed by atoms with van der Waals surface area (Å²) in [7, 11) is 0. The van der Waals surface area contributed by atoms with Crippen LogP contribution in [0.3, 0.4) is 0 Å². The number of nitrogens with zero attached hydrogens (tertiary/aromatic N) is 3. The quantitative estimate of drug-likeness (QED) is 0.722. The first-order chi connectivity index (χ1) is 7.83. The molecule has 0 aliphatic heterocycles. The van der Waals surface area contributed by atoms with E-state index in [-0.39, 0.29) is 0 Å². The summed E-state index contributed by atoms with van der Waals surface area (Å²) in [5.41, 5.74) is 7.03. The molecular weight excluding hydrogens is 200 g/mol. The van der Waals surface area contributed by atoms with Gasteiger partial charge in [0, 0.05) is 12.5 Å². The molecule has 1 aromatic heterocycles. The Balaban J connectivity index is 1.80. The van der Waals surface area contributed by atoms with Crippen molar-refractivity contribution >= 4 is 5.82 Å². The van der Waals surface area contributed by atoms with E-state index in [4.69, 9.17) is 5.73 Å². The molecular formula is C12H22N4. The van der Waals surface area contributed by atoms with Crippen molar-refractivity contribution in [2.24, 2.45) is 0 Å². The van der Waals surface area contributed by atoms with E-state index in [1.807, 2.05) is 4.68 Å². The molecule has 1 saturated carbocycles. The van der Waals surface area contributed by atoms with Gasteiger partial charge in [0.05, 0.1) is 5.69 Å². The zero-order chi connectivity index (χ0) is 11.4. The van der Waals surface area contributed by atoms with Crippen molar-refractivity contribution in [1.82, 2.24) is 15.0 Å². The van der Waals surface area contributed by atoms with Gasteiger partial charge in [-0.1, -0.05) is 37.8 Å². The summed E-state index contributed by atoms with van der Waals surface area (Å²) in [6.07, 6.45) is 8.97. The molecule has 1 aromatic rings. The van der Waals surface area contributed by atoms with E-state index in [1.54, 1.807) is 0 Å². The number of anilines is 1. The van der Waals surface area contributed by atoms with Gasteiger partial charge in [0.25, 0.3) is 0 Å². The Kier molecular flexibility index (Phi) is 3.80. The van der Waals surface area contributed by atoms with Crippen LogP contribution in [0.4, 0.5) is 5.82 Å². The number of rotatable bonds is 7. The molecule has 1 heterocycles. The Bertz CT molecular complexity index is 328. The van der Waals surface area contributed by atoms with Crippen molar-refractivity contribution in [2.45, 2.75) is 64.3 Å². The summed E-state index contributed by atoms with van der Waals surface area (Å²) >= 11 is 0. The number of hydrogen-bond acceptors (Lipinski definition) is 3. The fourth-order valence-corrected chi connectivity index (χ4v) is 2.14. The maximum absolute atomic E-state index is 5.84. The molecule has 0 spiro atoms. The Labute approximate surface area is 97.2 Å². The molecule has 0 amide bonds. The molecule has 90 valence electrons. The summed E-state index contributed by atoms with van der Waals surface area (Å²) in [6, 6.07) is 0. The number of nitrogens with two attached hydrogens (primary N) is 1. The van der Waals surface area contributed by atoms with Crippen molar-refractivity contribution in [3.8, 4) is 0 Å². The molecule has 0 atom stereocenters. The van der Waals surface area contributed by atoms with Crippen LogP contribution in [0.25, 0.3) is 0 Å². The highest BCUT2D eigenvalue weighted by Gasteiger charge is 2.30. The highest BCUT2D eigenvalue weighted by molar-refractivity contribution is 5.38. The molecule has 2 rings (SSSR count). The molecule has 1 aliphatic rings. The monoisotopic (exact) mass is 222 g/mol. The molecule has 0 aromatic carbocycles. The van der Waals surface area contributed by atoms with Crippen LogP contribution in [0.2, 0.25) is 0 Å². The van der Waals surface area contributed by atoms with E-state index >= 15 is 0 Å². The lowest BCUT2D eigenvalue weighted by Crippen LogP contribution is -2.05. The van der Waals surface area contributed by atoms with E-state index in [1.165, 1.54) is 50.6 Å². The highest BCUT2D eigenvalue weighted by Crippen LogP contribution is 2.41. The van der Waals surface area contributed by atoms with Gasteiger partial charge in [-0.15, -0.1) is 5.10 Å². The van der Waals surface area contributed by atoms with Crippen LogP contribution in [0.15, 0.2) is 0 Å². The zero-order valence-electron chi connectivity index (χ0n) is 10.2. The number of nitrogen functional groups attached to an aromatic ring is 1. The third kappa shape index (κ3) is 2.74. The third-order valence-corrected chi connectivity index (χ3v) is 3.24. The maximum Gasteiger partial charge on any atom is 0.169 e. The van der Waals surface area contributed by atoms with Crippen LogP contribution in [-0.4, -0.2) is 15.0 Å². The van der Waals surface area contributed by atoms with Crippen LogP contribution in [0, 0.1) is 0 Å². The first-order valence-corrected chi connectivity index (χ1v) is 6.51. The summed E-state index contributed by atoms with van der Waals surface area (Å²) in [5, 5.41) is 8.12. The third-order valence-electron chi connectivity index (χ3n) is 3.24. The number of aryl methyl sites for hydroxylation is 1.